The summed E-state index contributed by atoms with van der Waals surface area (Å²) in [6, 6.07) is 21.7. The molecule has 6 heteroatoms. The SMILES string of the molecule is CCCN(CC(=O)N1CCn2cccc2C1c1ccccc1)C(=O)Nc1ccc(C(C)C)cc1. The van der Waals surface area contributed by atoms with Crippen LogP contribution in [-0.4, -0.2) is 45.9 Å². The summed E-state index contributed by atoms with van der Waals surface area (Å²) >= 11 is 0. The van der Waals surface area contributed by atoms with Gasteiger partial charge in [0.05, 0.1) is 6.04 Å². The van der Waals surface area contributed by atoms with Gasteiger partial charge in [0.2, 0.25) is 5.91 Å². The zero-order valence-corrected chi connectivity index (χ0v) is 20.3. The molecule has 1 atom stereocenters. The minimum absolute atomic E-state index is 0.0416. The van der Waals surface area contributed by atoms with Crippen molar-refractivity contribution in [2.45, 2.75) is 45.7 Å². The minimum atomic E-state index is -0.246. The molecule has 1 unspecified atom stereocenters. The largest absolute Gasteiger partial charge is 0.348 e. The lowest BCUT2D eigenvalue weighted by Crippen LogP contribution is -2.48. The molecule has 4 rings (SSSR count). The fraction of sp³-hybridized carbons (Fsp3) is 0.357. The highest BCUT2D eigenvalue weighted by Crippen LogP contribution is 2.32. The predicted molar refractivity (Wildman–Crippen MR) is 136 cm³/mol. The molecule has 178 valence electrons. The van der Waals surface area contributed by atoms with Crippen LogP contribution >= 0.6 is 0 Å². The summed E-state index contributed by atoms with van der Waals surface area (Å²) in [5, 5.41) is 2.97. The van der Waals surface area contributed by atoms with E-state index in [4.69, 9.17) is 0 Å². The van der Waals surface area contributed by atoms with Gasteiger partial charge in [-0.25, -0.2) is 4.79 Å². The summed E-state index contributed by atoms with van der Waals surface area (Å²) in [5.41, 5.74) is 4.14. The number of anilines is 1. The van der Waals surface area contributed by atoms with Gasteiger partial charge in [-0.1, -0.05) is 63.2 Å². The molecule has 0 aliphatic carbocycles. The number of amides is 3. The summed E-state index contributed by atoms with van der Waals surface area (Å²) in [6.07, 6.45) is 2.84. The molecular weight excluding hydrogens is 424 g/mol. The Morgan fingerprint density at radius 1 is 1.00 bits per heavy atom. The van der Waals surface area contributed by atoms with Gasteiger partial charge in [0, 0.05) is 37.2 Å². The van der Waals surface area contributed by atoms with Gasteiger partial charge in [-0.15, -0.1) is 0 Å². The number of urea groups is 1. The van der Waals surface area contributed by atoms with Gasteiger partial charge < -0.3 is 19.7 Å². The lowest BCUT2D eigenvalue weighted by atomic mass is 10.00. The monoisotopic (exact) mass is 458 g/mol. The molecule has 3 aromatic rings. The third-order valence-corrected chi connectivity index (χ3v) is 6.41. The molecule has 3 amide bonds. The molecule has 0 radical (unpaired) electrons. The maximum Gasteiger partial charge on any atom is 0.322 e. The van der Waals surface area contributed by atoms with E-state index in [-0.39, 0.29) is 24.5 Å². The smallest absolute Gasteiger partial charge is 0.322 e. The first kappa shape index (κ1) is 23.6. The van der Waals surface area contributed by atoms with Crippen LogP contribution in [0.2, 0.25) is 0 Å². The number of nitrogens with one attached hydrogen (secondary N) is 1. The van der Waals surface area contributed by atoms with Gasteiger partial charge in [0.25, 0.3) is 0 Å². The van der Waals surface area contributed by atoms with Gasteiger partial charge in [-0.05, 0) is 47.7 Å². The van der Waals surface area contributed by atoms with Gasteiger partial charge in [0.1, 0.15) is 6.54 Å². The van der Waals surface area contributed by atoms with Crippen molar-refractivity contribution in [1.29, 1.82) is 0 Å². The second-order valence-electron chi connectivity index (χ2n) is 9.16. The van der Waals surface area contributed by atoms with Crippen LogP contribution in [0.3, 0.4) is 0 Å². The number of fused-ring (bicyclic) bond motifs is 1. The Hall–Kier alpha value is -3.54. The van der Waals surface area contributed by atoms with Gasteiger partial charge in [-0.3, -0.25) is 4.79 Å². The first-order valence-electron chi connectivity index (χ1n) is 12.1. The number of rotatable bonds is 7. The maximum atomic E-state index is 13.6. The van der Waals surface area contributed by atoms with Gasteiger partial charge in [0.15, 0.2) is 0 Å². The molecule has 1 aliphatic rings. The fourth-order valence-electron chi connectivity index (χ4n) is 4.57. The number of carbonyl (C=O) groups excluding carboxylic acids is 2. The number of carbonyl (C=O) groups is 2. The predicted octanol–water partition coefficient (Wildman–Crippen LogP) is 5.49. The van der Waals surface area contributed by atoms with Gasteiger partial charge in [-0.2, -0.15) is 0 Å². The van der Waals surface area contributed by atoms with Crippen LogP contribution in [0.5, 0.6) is 0 Å². The Kier molecular flexibility index (Phi) is 7.36. The summed E-state index contributed by atoms with van der Waals surface area (Å²) < 4.78 is 2.21. The molecule has 6 nitrogen and oxygen atoms in total. The van der Waals surface area contributed by atoms with Crippen molar-refractivity contribution in [2.24, 2.45) is 0 Å². The van der Waals surface area contributed by atoms with Crippen molar-refractivity contribution >= 4 is 17.6 Å². The van der Waals surface area contributed by atoms with Crippen molar-refractivity contribution in [3.05, 3.63) is 89.7 Å². The maximum absolute atomic E-state index is 13.6. The molecule has 1 N–H and O–H groups in total. The van der Waals surface area contributed by atoms with Crippen LogP contribution < -0.4 is 5.32 Å². The van der Waals surface area contributed by atoms with Crippen molar-refractivity contribution in [3.63, 3.8) is 0 Å². The zero-order valence-electron chi connectivity index (χ0n) is 20.3. The van der Waals surface area contributed by atoms with Crippen molar-refractivity contribution in [3.8, 4) is 0 Å². The Bertz CT molecular complexity index is 1100. The molecule has 1 aromatic heterocycles. The summed E-state index contributed by atoms with van der Waals surface area (Å²) in [4.78, 5) is 30.2. The molecular formula is C28H34N4O2. The van der Waals surface area contributed by atoms with Crippen LogP contribution in [0.15, 0.2) is 72.9 Å². The molecule has 2 aromatic carbocycles. The molecule has 0 bridgehead atoms. The number of hydrogen-bond donors (Lipinski definition) is 1. The fourth-order valence-corrected chi connectivity index (χ4v) is 4.57. The van der Waals surface area contributed by atoms with E-state index in [2.05, 4.69) is 48.1 Å². The topological polar surface area (TPSA) is 57.6 Å². The van der Waals surface area contributed by atoms with Gasteiger partial charge >= 0.3 is 6.03 Å². The molecule has 0 fully saturated rings. The average molecular weight is 459 g/mol. The lowest BCUT2D eigenvalue weighted by molar-refractivity contribution is -0.134. The van der Waals surface area contributed by atoms with Crippen molar-refractivity contribution < 1.29 is 9.59 Å². The molecule has 34 heavy (non-hydrogen) atoms. The second-order valence-corrected chi connectivity index (χ2v) is 9.16. The van der Waals surface area contributed by atoms with E-state index in [1.54, 1.807) is 4.90 Å². The van der Waals surface area contributed by atoms with E-state index < -0.39 is 0 Å². The quantitative estimate of drug-likeness (QED) is 0.509. The van der Waals surface area contributed by atoms with Crippen LogP contribution in [0.25, 0.3) is 0 Å². The highest BCUT2D eigenvalue weighted by atomic mass is 16.2. The lowest BCUT2D eigenvalue weighted by Gasteiger charge is -2.38. The molecule has 2 heterocycles. The normalized spacial score (nSPS) is 15.2. The first-order valence-corrected chi connectivity index (χ1v) is 12.1. The molecule has 0 saturated heterocycles. The van der Waals surface area contributed by atoms with E-state index in [1.807, 2.05) is 60.4 Å². The van der Waals surface area contributed by atoms with E-state index in [9.17, 15) is 9.59 Å². The Morgan fingerprint density at radius 3 is 2.41 bits per heavy atom. The van der Waals surface area contributed by atoms with Crippen LogP contribution in [-0.2, 0) is 11.3 Å². The highest BCUT2D eigenvalue weighted by Gasteiger charge is 2.33. The molecule has 0 saturated carbocycles. The summed E-state index contributed by atoms with van der Waals surface area (Å²) in [5.74, 6) is 0.391. The van der Waals surface area contributed by atoms with Crippen LogP contribution in [0, 0.1) is 0 Å². The third kappa shape index (κ3) is 5.16. The average Bonchev–Trinajstić information content (AvgIpc) is 3.33. The Labute approximate surface area is 202 Å². The van der Waals surface area contributed by atoms with E-state index in [0.717, 1.165) is 29.9 Å². The van der Waals surface area contributed by atoms with Crippen molar-refractivity contribution in [2.75, 3.05) is 25.0 Å². The summed E-state index contributed by atoms with van der Waals surface area (Å²) in [6.45, 7) is 8.22. The van der Waals surface area contributed by atoms with E-state index in [1.165, 1.54) is 5.56 Å². The Balaban J connectivity index is 1.50. The van der Waals surface area contributed by atoms with Crippen molar-refractivity contribution in [1.82, 2.24) is 14.4 Å². The number of nitrogens with zero attached hydrogens (tertiary/aromatic N) is 3. The second kappa shape index (κ2) is 10.6. The van der Waals surface area contributed by atoms with E-state index >= 15 is 0 Å². The number of benzene rings is 2. The van der Waals surface area contributed by atoms with E-state index in [0.29, 0.717) is 19.0 Å². The number of aromatic nitrogens is 1. The minimum Gasteiger partial charge on any atom is -0.348 e. The Morgan fingerprint density at radius 2 is 1.74 bits per heavy atom. The third-order valence-electron chi connectivity index (χ3n) is 6.41. The summed E-state index contributed by atoms with van der Waals surface area (Å²) in [7, 11) is 0. The zero-order chi connectivity index (χ0) is 24.1. The van der Waals surface area contributed by atoms with Crippen LogP contribution in [0.1, 0.15) is 56.0 Å². The molecule has 1 aliphatic heterocycles. The standard InChI is InChI=1S/C28H34N4O2/c1-4-16-31(28(34)29-24-14-12-22(13-15-24)21(2)3)20-26(33)32-19-18-30-17-8-11-25(30)27(32)23-9-6-5-7-10-23/h5-15,17,21,27H,4,16,18-20H2,1-3H3,(H,29,34). The first-order chi connectivity index (χ1) is 16.5. The number of hydrogen-bond acceptors (Lipinski definition) is 2. The molecule has 0 spiro atoms. The highest BCUT2D eigenvalue weighted by molar-refractivity contribution is 5.92. The van der Waals surface area contributed by atoms with Crippen LogP contribution in [0.4, 0.5) is 10.5 Å².